The summed E-state index contributed by atoms with van der Waals surface area (Å²) in [6, 6.07) is 15.9. The lowest BCUT2D eigenvalue weighted by Crippen LogP contribution is -2.35. The standard InChI is InChI=1S/C9H9NOS2.C6H6/c10-8(11)9(4-2-6-13-9)7-3-1-5-12-7;1-2-4-6-5-3-1/h1-3,5-6H,4H2,(H2,10,11);1-6H. The molecular formula is C15H15NOS2. The summed E-state index contributed by atoms with van der Waals surface area (Å²) in [4.78, 5) is 12.4. The first-order valence-electron chi connectivity index (χ1n) is 5.92. The molecule has 19 heavy (non-hydrogen) atoms. The second-order valence-corrected chi connectivity index (χ2v) is 6.17. The SMILES string of the molecule is NC(=O)C1(c2cccs2)CC=CS1.c1ccccc1. The van der Waals surface area contributed by atoms with Gasteiger partial charge in [0.05, 0.1) is 0 Å². The number of nitrogens with two attached hydrogens (primary N) is 1. The van der Waals surface area contributed by atoms with Gasteiger partial charge in [-0.15, -0.1) is 23.1 Å². The van der Waals surface area contributed by atoms with Crippen LogP contribution in [0.1, 0.15) is 11.3 Å². The molecule has 0 aliphatic carbocycles. The molecule has 1 aromatic carbocycles. The van der Waals surface area contributed by atoms with Gasteiger partial charge in [0.15, 0.2) is 0 Å². The molecule has 0 bridgehead atoms. The predicted octanol–water partition coefficient (Wildman–Crippen LogP) is 3.77. The average molecular weight is 289 g/mol. The minimum Gasteiger partial charge on any atom is -0.368 e. The molecule has 0 radical (unpaired) electrons. The van der Waals surface area contributed by atoms with Crippen LogP contribution in [0.25, 0.3) is 0 Å². The third kappa shape index (κ3) is 3.28. The first-order chi connectivity index (χ1) is 9.26. The molecule has 1 atom stereocenters. The maximum Gasteiger partial charge on any atom is 0.239 e. The number of thiophene rings is 1. The van der Waals surface area contributed by atoms with Crippen LogP contribution in [0.2, 0.25) is 0 Å². The van der Waals surface area contributed by atoms with Crippen LogP contribution in [0.4, 0.5) is 0 Å². The van der Waals surface area contributed by atoms with Crippen molar-refractivity contribution in [2.24, 2.45) is 5.73 Å². The molecule has 3 rings (SSSR count). The van der Waals surface area contributed by atoms with E-state index in [1.807, 2.05) is 65.4 Å². The fourth-order valence-corrected chi connectivity index (χ4v) is 3.80. The van der Waals surface area contributed by atoms with E-state index in [4.69, 9.17) is 5.73 Å². The first-order valence-corrected chi connectivity index (χ1v) is 7.68. The number of amides is 1. The summed E-state index contributed by atoms with van der Waals surface area (Å²) < 4.78 is -0.520. The predicted molar refractivity (Wildman–Crippen MR) is 83.0 cm³/mol. The molecule has 1 aromatic heterocycles. The summed E-state index contributed by atoms with van der Waals surface area (Å²) in [5.41, 5.74) is 5.43. The Morgan fingerprint density at radius 1 is 1.11 bits per heavy atom. The minimum atomic E-state index is -0.520. The van der Waals surface area contributed by atoms with Crippen LogP contribution in [-0.2, 0) is 9.54 Å². The second-order valence-electron chi connectivity index (χ2n) is 4.02. The molecule has 0 fully saturated rings. The molecular weight excluding hydrogens is 274 g/mol. The summed E-state index contributed by atoms with van der Waals surface area (Å²) >= 11 is 3.10. The molecule has 98 valence electrons. The zero-order chi connectivity index (χ0) is 13.6. The fourth-order valence-electron chi connectivity index (χ4n) is 1.76. The van der Waals surface area contributed by atoms with Crippen LogP contribution in [0, 0.1) is 0 Å². The number of hydrogen-bond donors (Lipinski definition) is 1. The molecule has 2 nitrogen and oxygen atoms in total. The van der Waals surface area contributed by atoms with Gasteiger partial charge in [0.25, 0.3) is 0 Å². The third-order valence-corrected chi connectivity index (χ3v) is 5.23. The van der Waals surface area contributed by atoms with E-state index in [2.05, 4.69) is 0 Å². The van der Waals surface area contributed by atoms with Crippen LogP contribution in [0.3, 0.4) is 0 Å². The zero-order valence-electron chi connectivity index (χ0n) is 10.4. The van der Waals surface area contributed by atoms with Gasteiger partial charge in [-0.2, -0.15) is 0 Å². The highest BCUT2D eigenvalue weighted by Gasteiger charge is 2.40. The average Bonchev–Trinajstić information content (AvgIpc) is 3.13. The van der Waals surface area contributed by atoms with Gasteiger partial charge in [-0.1, -0.05) is 48.5 Å². The van der Waals surface area contributed by atoms with Gasteiger partial charge >= 0.3 is 0 Å². The van der Waals surface area contributed by atoms with E-state index in [0.717, 1.165) is 4.88 Å². The number of allylic oxidation sites excluding steroid dienone is 1. The first kappa shape index (κ1) is 13.9. The second kappa shape index (κ2) is 6.59. The summed E-state index contributed by atoms with van der Waals surface area (Å²) in [6.07, 6.45) is 2.71. The lowest BCUT2D eigenvalue weighted by Gasteiger charge is -2.22. The Morgan fingerprint density at radius 3 is 2.11 bits per heavy atom. The Bertz CT molecular complexity index is 500. The zero-order valence-corrected chi connectivity index (χ0v) is 12.0. The third-order valence-electron chi connectivity index (χ3n) is 2.75. The van der Waals surface area contributed by atoms with Crippen LogP contribution in [0.15, 0.2) is 65.4 Å². The Morgan fingerprint density at radius 2 is 1.74 bits per heavy atom. The maximum absolute atomic E-state index is 11.4. The van der Waals surface area contributed by atoms with Crippen molar-refractivity contribution in [3.05, 3.63) is 70.3 Å². The number of rotatable bonds is 2. The van der Waals surface area contributed by atoms with Gasteiger partial charge in [0.2, 0.25) is 5.91 Å². The van der Waals surface area contributed by atoms with Crippen molar-refractivity contribution in [3.8, 4) is 0 Å². The van der Waals surface area contributed by atoms with Gasteiger partial charge in [-0.25, -0.2) is 0 Å². The van der Waals surface area contributed by atoms with Gasteiger partial charge in [-0.3, -0.25) is 4.79 Å². The van der Waals surface area contributed by atoms with Crippen molar-refractivity contribution in [2.75, 3.05) is 0 Å². The normalized spacial score (nSPS) is 20.6. The molecule has 1 amide bonds. The maximum atomic E-state index is 11.4. The summed E-state index contributed by atoms with van der Waals surface area (Å²) in [5.74, 6) is -0.245. The lowest BCUT2D eigenvalue weighted by atomic mass is 10.0. The van der Waals surface area contributed by atoms with E-state index in [9.17, 15) is 4.79 Å². The Balaban J connectivity index is 0.000000186. The van der Waals surface area contributed by atoms with Gasteiger partial charge in [-0.05, 0) is 23.3 Å². The van der Waals surface area contributed by atoms with E-state index in [1.165, 1.54) is 11.8 Å². The Labute approximate surface area is 121 Å². The topological polar surface area (TPSA) is 43.1 Å². The Kier molecular flexibility index (Phi) is 4.82. The van der Waals surface area contributed by atoms with Crippen molar-refractivity contribution < 1.29 is 4.79 Å². The molecule has 2 heterocycles. The fraction of sp³-hybridized carbons (Fsp3) is 0.133. The van der Waals surface area contributed by atoms with Gasteiger partial charge in [0.1, 0.15) is 4.75 Å². The lowest BCUT2D eigenvalue weighted by molar-refractivity contribution is -0.120. The van der Waals surface area contributed by atoms with E-state index in [1.54, 1.807) is 11.3 Å². The number of thioether (sulfide) groups is 1. The van der Waals surface area contributed by atoms with Crippen molar-refractivity contribution in [1.82, 2.24) is 0 Å². The number of primary amides is 1. The molecule has 0 saturated carbocycles. The molecule has 0 spiro atoms. The number of hydrogen-bond acceptors (Lipinski definition) is 3. The molecule has 1 aliphatic heterocycles. The van der Waals surface area contributed by atoms with E-state index in [-0.39, 0.29) is 5.91 Å². The molecule has 2 N–H and O–H groups in total. The van der Waals surface area contributed by atoms with Crippen LogP contribution < -0.4 is 5.73 Å². The van der Waals surface area contributed by atoms with Crippen molar-refractivity contribution in [1.29, 1.82) is 0 Å². The molecule has 1 unspecified atom stereocenters. The number of carbonyl (C=O) groups is 1. The molecule has 4 heteroatoms. The summed E-state index contributed by atoms with van der Waals surface area (Å²) in [7, 11) is 0. The van der Waals surface area contributed by atoms with Crippen molar-refractivity contribution in [3.63, 3.8) is 0 Å². The highest BCUT2D eigenvalue weighted by Crippen LogP contribution is 2.46. The molecule has 0 saturated heterocycles. The van der Waals surface area contributed by atoms with Gasteiger partial charge in [0, 0.05) is 4.88 Å². The van der Waals surface area contributed by atoms with E-state index >= 15 is 0 Å². The quantitative estimate of drug-likeness (QED) is 0.914. The summed E-state index contributed by atoms with van der Waals surface area (Å²) in [5, 5.41) is 3.92. The highest BCUT2D eigenvalue weighted by atomic mass is 32.2. The van der Waals surface area contributed by atoms with Crippen molar-refractivity contribution in [2.45, 2.75) is 11.2 Å². The van der Waals surface area contributed by atoms with Crippen LogP contribution >= 0.6 is 23.1 Å². The van der Waals surface area contributed by atoms with Crippen LogP contribution in [0.5, 0.6) is 0 Å². The smallest absolute Gasteiger partial charge is 0.239 e. The summed E-state index contributed by atoms with van der Waals surface area (Å²) in [6.45, 7) is 0. The Hall–Kier alpha value is -1.52. The molecule has 1 aliphatic rings. The van der Waals surface area contributed by atoms with E-state index < -0.39 is 4.75 Å². The van der Waals surface area contributed by atoms with Gasteiger partial charge < -0.3 is 5.73 Å². The molecule has 2 aromatic rings. The highest BCUT2D eigenvalue weighted by molar-refractivity contribution is 8.04. The van der Waals surface area contributed by atoms with E-state index in [0.29, 0.717) is 6.42 Å². The largest absolute Gasteiger partial charge is 0.368 e. The van der Waals surface area contributed by atoms with Crippen LogP contribution in [-0.4, -0.2) is 5.91 Å². The van der Waals surface area contributed by atoms with Crippen molar-refractivity contribution >= 4 is 29.0 Å². The monoisotopic (exact) mass is 289 g/mol. The number of benzene rings is 1. The number of carbonyl (C=O) groups excluding carboxylic acids is 1. The minimum absolute atomic E-state index is 0.245.